The number of hydrogen-bond acceptors (Lipinski definition) is 2. The van der Waals surface area contributed by atoms with Crippen LogP contribution in [0.4, 0.5) is 0 Å². The van der Waals surface area contributed by atoms with E-state index in [1.165, 1.54) is 103 Å². The highest BCUT2D eigenvalue weighted by atomic mass is 16.2. The van der Waals surface area contributed by atoms with Crippen molar-refractivity contribution >= 4 is 5.91 Å². The fourth-order valence-corrected chi connectivity index (χ4v) is 3.74. The van der Waals surface area contributed by atoms with E-state index in [0.29, 0.717) is 6.42 Å². The highest BCUT2D eigenvalue weighted by Gasteiger charge is 2.00. The Morgan fingerprint density at radius 1 is 0.571 bits per heavy atom. The smallest absolute Gasteiger partial charge is 0.219 e. The first-order valence-electron chi connectivity index (χ1n) is 12.7. The van der Waals surface area contributed by atoms with Crippen LogP contribution in [0.5, 0.6) is 0 Å². The second kappa shape index (κ2) is 24.5. The zero-order valence-electron chi connectivity index (χ0n) is 19.1. The Morgan fingerprint density at radius 3 is 1.39 bits per heavy atom. The lowest BCUT2D eigenvalue weighted by Crippen LogP contribution is -2.24. The molecular formula is C25H51NO2. The van der Waals surface area contributed by atoms with Crippen LogP contribution in [0.15, 0.2) is 0 Å². The van der Waals surface area contributed by atoms with Gasteiger partial charge in [-0.1, -0.05) is 110 Å². The summed E-state index contributed by atoms with van der Waals surface area (Å²) in [7, 11) is 0. The minimum Gasteiger partial charge on any atom is -0.396 e. The van der Waals surface area contributed by atoms with Gasteiger partial charge < -0.3 is 10.4 Å². The number of carbonyl (C=O) groups excluding carboxylic acids is 1. The Labute approximate surface area is 176 Å². The quantitative estimate of drug-likeness (QED) is 0.178. The van der Waals surface area contributed by atoms with Crippen LogP contribution in [0.3, 0.4) is 0 Å². The lowest BCUT2D eigenvalue weighted by atomic mass is 10.0. The SMILES string of the molecule is CCCCCCCCCCCCCCCCCCCC(=O)NCCCCCO. The molecule has 0 aromatic rings. The van der Waals surface area contributed by atoms with Gasteiger partial charge in [0.1, 0.15) is 0 Å². The van der Waals surface area contributed by atoms with Crippen LogP contribution in [0, 0.1) is 0 Å². The lowest BCUT2D eigenvalue weighted by Gasteiger charge is -2.05. The van der Waals surface area contributed by atoms with Crippen molar-refractivity contribution < 1.29 is 9.90 Å². The summed E-state index contributed by atoms with van der Waals surface area (Å²) in [5, 5.41) is 11.7. The van der Waals surface area contributed by atoms with Gasteiger partial charge in [-0.3, -0.25) is 4.79 Å². The molecule has 0 aromatic carbocycles. The number of hydrogen-bond donors (Lipinski definition) is 2. The predicted molar refractivity (Wildman–Crippen MR) is 123 cm³/mol. The fraction of sp³-hybridized carbons (Fsp3) is 0.960. The number of rotatable bonds is 23. The van der Waals surface area contributed by atoms with E-state index >= 15 is 0 Å². The van der Waals surface area contributed by atoms with E-state index in [1.54, 1.807) is 0 Å². The molecule has 1 amide bonds. The van der Waals surface area contributed by atoms with Crippen molar-refractivity contribution in [3.63, 3.8) is 0 Å². The molecule has 0 radical (unpaired) electrons. The third-order valence-corrected chi connectivity index (χ3v) is 5.66. The maximum atomic E-state index is 11.7. The Kier molecular flexibility index (Phi) is 24.0. The van der Waals surface area contributed by atoms with Gasteiger partial charge in [-0.05, 0) is 25.7 Å². The monoisotopic (exact) mass is 397 g/mol. The summed E-state index contributed by atoms with van der Waals surface area (Å²) in [6.07, 6.45) is 26.8. The Hall–Kier alpha value is -0.570. The second-order valence-electron chi connectivity index (χ2n) is 8.54. The highest BCUT2D eigenvalue weighted by Crippen LogP contribution is 2.14. The summed E-state index contributed by atoms with van der Waals surface area (Å²) in [5.74, 6) is 0.199. The van der Waals surface area contributed by atoms with Crippen molar-refractivity contribution in [3.05, 3.63) is 0 Å². The zero-order valence-corrected chi connectivity index (χ0v) is 19.1. The minimum absolute atomic E-state index is 0.199. The van der Waals surface area contributed by atoms with Crippen LogP contribution in [0.1, 0.15) is 142 Å². The number of nitrogens with one attached hydrogen (secondary N) is 1. The number of aliphatic hydroxyl groups is 1. The first-order chi connectivity index (χ1) is 13.8. The van der Waals surface area contributed by atoms with E-state index in [2.05, 4.69) is 12.2 Å². The molecule has 0 aromatic heterocycles. The van der Waals surface area contributed by atoms with Crippen LogP contribution < -0.4 is 5.32 Å². The first-order valence-corrected chi connectivity index (χ1v) is 12.7. The van der Waals surface area contributed by atoms with Crippen molar-refractivity contribution in [1.82, 2.24) is 5.32 Å². The van der Waals surface area contributed by atoms with Crippen molar-refractivity contribution in [3.8, 4) is 0 Å². The Balaban J connectivity index is 3.09. The van der Waals surface area contributed by atoms with E-state index in [1.807, 2.05) is 0 Å². The van der Waals surface area contributed by atoms with E-state index in [9.17, 15) is 4.79 Å². The van der Waals surface area contributed by atoms with Crippen LogP contribution in [0.2, 0.25) is 0 Å². The lowest BCUT2D eigenvalue weighted by molar-refractivity contribution is -0.121. The standard InChI is InChI=1S/C25H51NO2/c1-2-3-4-5-6-7-8-9-10-11-12-13-14-15-16-17-19-22-25(28)26-23-20-18-21-24-27/h27H,2-24H2,1H3,(H,26,28). The van der Waals surface area contributed by atoms with Crippen LogP contribution >= 0.6 is 0 Å². The molecular weight excluding hydrogens is 346 g/mol. The van der Waals surface area contributed by atoms with Crippen molar-refractivity contribution in [2.45, 2.75) is 142 Å². The number of unbranched alkanes of at least 4 members (excludes halogenated alkanes) is 18. The third-order valence-electron chi connectivity index (χ3n) is 5.66. The molecule has 168 valence electrons. The molecule has 0 spiro atoms. The van der Waals surface area contributed by atoms with Gasteiger partial charge in [0.2, 0.25) is 5.91 Å². The molecule has 2 N–H and O–H groups in total. The van der Waals surface area contributed by atoms with Gasteiger partial charge in [0.15, 0.2) is 0 Å². The molecule has 0 aliphatic heterocycles. The van der Waals surface area contributed by atoms with Gasteiger partial charge in [0.25, 0.3) is 0 Å². The molecule has 28 heavy (non-hydrogen) atoms. The largest absolute Gasteiger partial charge is 0.396 e. The van der Waals surface area contributed by atoms with Crippen molar-refractivity contribution in [1.29, 1.82) is 0 Å². The van der Waals surface area contributed by atoms with Gasteiger partial charge >= 0.3 is 0 Å². The predicted octanol–water partition coefficient (Wildman–Crippen LogP) is 7.31. The second-order valence-corrected chi connectivity index (χ2v) is 8.54. The molecule has 0 aliphatic rings. The molecule has 0 unspecified atom stereocenters. The van der Waals surface area contributed by atoms with Gasteiger partial charge in [-0.2, -0.15) is 0 Å². The average Bonchev–Trinajstić information content (AvgIpc) is 2.70. The molecule has 0 saturated carbocycles. The summed E-state index contributed by atoms with van der Waals surface area (Å²) in [6, 6.07) is 0. The van der Waals surface area contributed by atoms with E-state index in [4.69, 9.17) is 5.11 Å². The minimum atomic E-state index is 0.199. The average molecular weight is 398 g/mol. The fourth-order valence-electron chi connectivity index (χ4n) is 3.74. The molecule has 0 bridgehead atoms. The molecule has 0 saturated heterocycles. The normalized spacial score (nSPS) is 11.1. The number of amides is 1. The summed E-state index contributed by atoms with van der Waals surface area (Å²) < 4.78 is 0. The molecule has 0 aliphatic carbocycles. The topological polar surface area (TPSA) is 49.3 Å². The Bertz CT molecular complexity index is 307. The zero-order chi connectivity index (χ0) is 20.5. The summed E-state index contributed by atoms with van der Waals surface area (Å²) >= 11 is 0. The molecule has 0 atom stereocenters. The number of aliphatic hydroxyl groups excluding tert-OH is 1. The number of carbonyl (C=O) groups is 1. The molecule has 0 heterocycles. The summed E-state index contributed by atoms with van der Waals surface area (Å²) in [5.41, 5.74) is 0. The summed E-state index contributed by atoms with van der Waals surface area (Å²) in [6.45, 7) is 3.30. The first kappa shape index (κ1) is 27.4. The maximum Gasteiger partial charge on any atom is 0.219 e. The molecule has 0 fully saturated rings. The molecule has 0 rings (SSSR count). The maximum absolute atomic E-state index is 11.7. The molecule has 3 heteroatoms. The van der Waals surface area contributed by atoms with Crippen molar-refractivity contribution in [2.24, 2.45) is 0 Å². The van der Waals surface area contributed by atoms with Crippen molar-refractivity contribution in [2.75, 3.05) is 13.2 Å². The third kappa shape index (κ3) is 23.5. The Morgan fingerprint density at radius 2 is 0.964 bits per heavy atom. The highest BCUT2D eigenvalue weighted by molar-refractivity contribution is 5.75. The van der Waals surface area contributed by atoms with E-state index in [0.717, 1.165) is 32.2 Å². The van der Waals surface area contributed by atoms with Crippen LogP contribution in [-0.4, -0.2) is 24.2 Å². The van der Waals surface area contributed by atoms with Gasteiger partial charge in [-0.15, -0.1) is 0 Å². The molecule has 3 nitrogen and oxygen atoms in total. The van der Waals surface area contributed by atoms with E-state index in [-0.39, 0.29) is 12.5 Å². The van der Waals surface area contributed by atoms with E-state index < -0.39 is 0 Å². The van der Waals surface area contributed by atoms with Gasteiger partial charge in [0, 0.05) is 19.6 Å². The van der Waals surface area contributed by atoms with Gasteiger partial charge in [-0.25, -0.2) is 0 Å². The van der Waals surface area contributed by atoms with Gasteiger partial charge in [0.05, 0.1) is 0 Å². The summed E-state index contributed by atoms with van der Waals surface area (Å²) in [4.78, 5) is 11.7. The van der Waals surface area contributed by atoms with Crippen LogP contribution in [0.25, 0.3) is 0 Å². The van der Waals surface area contributed by atoms with Crippen LogP contribution in [-0.2, 0) is 4.79 Å².